The molecule has 0 radical (unpaired) electrons. The van der Waals surface area contributed by atoms with Gasteiger partial charge in [-0.3, -0.25) is 0 Å². The Morgan fingerprint density at radius 2 is 1.22 bits per heavy atom. The maximum atomic E-state index is 13.4. The molecule has 23 heavy (non-hydrogen) atoms. The number of halogens is 2. The zero-order valence-corrected chi connectivity index (χ0v) is 17.0. The molecule has 0 nitrogen and oxygen atoms in total. The summed E-state index contributed by atoms with van der Waals surface area (Å²) in [6, 6.07) is 7.42. The molecule has 0 unspecified atom stereocenters. The van der Waals surface area contributed by atoms with Crippen molar-refractivity contribution in [2.24, 2.45) is 0 Å². The Morgan fingerprint density at radius 1 is 0.826 bits per heavy atom. The second-order valence-corrected chi connectivity index (χ2v) is 10.8. The van der Waals surface area contributed by atoms with Gasteiger partial charge in [-0.15, -0.1) is 0 Å². The molecule has 0 aromatic heterocycles. The van der Waals surface area contributed by atoms with E-state index in [-0.39, 0.29) is 5.82 Å². The zero-order valence-electron chi connectivity index (χ0n) is 13.8. The molecule has 2 aliphatic rings. The molecule has 4 heteroatoms. The van der Waals surface area contributed by atoms with Gasteiger partial charge in [-0.05, 0) is 75.6 Å². The third-order valence-corrected chi connectivity index (χ3v) is 10.7. The first-order chi connectivity index (χ1) is 11.2. The molecule has 0 aliphatic heterocycles. The van der Waals surface area contributed by atoms with Crippen molar-refractivity contribution in [3.05, 3.63) is 36.7 Å². The van der Waals surface area contributed by atoms with E-state index >= 15 is 0 Å². The molecule has 0 amide bonds. The second kappa shape index (κ2) is 9.87. The van der Waals surface area contributed by atoms with Gasteiger partial charge >= 0.3 is 27.7 Å². The molecular formula is C19H28ClFPPd+. The van der Waals surface area contributed by atoms with Crippen LogP contribution in [0.4, 0.5) is 4.39 Å². The van der Waals surface area contributed by atoms with Crippen LogP contribution in [0.5, 0.6) is 0 Å². The van der Waals surface area contributed by atoms with Crippen LogP contribution in [0, 0.1) is 12.5 Å². The van der Waals surface area contributed by atoms with Crippen LogP contribution in [0.3, 0.4) is 0 Å². The summed E-state index contributed by atoms with van der Waals surface area (Å²) in [5, 5.41) is 1.39. The third kappa shape index (κ3) is 4.79. The molecule has 132 valence electrons. The summed E-state index contributed by atoms with van der Waals surface area (Å²) in [5.41, 5.74) is 1.58. The first kappa shape index (κ1) is 19.9. The van der Waals surface area contributed by atoms with Crippen molar-refractivity contribution < 1.29 is 22.6 Å². The minimum absolute atomic E-state index is 0.113. The molecule has 2 fully saturated rings. The molecule has 3 rings (SSSR count). The number of hydrogen-bond donors (Lipinski definition) is 0. The van der Waals surface area contributed by atoms with E-state index in [0.717, 1.165) is 11.3 Å². The monoisotopic (exact) mass is 447 g/mol. The average Bonchev–Trinajstić information content (AvgIpc) is 2.65. The van der Waals surface area contributed by atoms with E-state index in [1.165, 1.54) is 69.5 Å². The van der Waals surface area contributed by atoms with Gasteiger partial charge in [0.2, 0.25) is 0 Å². The standard InChI is InChI=1S/C19H28FP.ClH.Pd/c1-21(17-8-4-2-5-9-17,18-10-6-3-7-11-18)19-14-12-16(20)13-15-19;;/h12-15,17-18H,1-11H2;1H;/q;;+2/p-1. The summed E-state index contributed by atoms with van der Waals surface area (Å²) in [6.45, 7) is 4.91. The molecular weight excluding hydrogens is 420 g/mol. The predicted molar refractivity (Wildman–Crippen MR) is 97.9 cm³/mol. The van der Waals surface area contributed by atoms with Crippen LogP contribution in [0.2, 0.25) is 0 Å². The molecule has 0 spiro atoms. The topological polar surface area (TPSA) is 0 Å². The van der Waals surface area contributed by atoms with E-state index in [1.807, 2.05) is 0 Å². The van der Waals surface area contributed by atoms with Crippen molar-refractivity contribution in [3.63, 3.8) is 0 Å². The second-order valence-electron chi connectivity index (χ2n) is 6.99. The van der Waals surface area contributed by atoms with Crippen molar-refractivity contribution in [2.75, 3.05) is 0 Å². The van der Waals surface area contributed by atoms with Crippen LogP contribution in [0.15, 0.2) is 24.3 Å². The van der Waals surface area contributed by atoms with Gasteiger partial charge in [0.05, 0.1) is 5.30 Å². The Hall–Kier alpha value is 0.532. The first-order valence-electron chi connectivity index (χ1n) is 8.82. The van der Waals surface area contributed by atoms with Crippen LogP contribution in [-0.4, -0.2) is 11.3 Å². The van der Waals surface area contributed by atoms with Crippen molar-refractivity contribution >= 4 is 22.1 Å². The molecule has 2 saturated carbocycles. The van der Waals surface area contributed by atoms with Gasteiger partial charge in [0.1, 0.15) is 5.82 Å². The Bertz CT molecular complexity index is 435. The summed E-state index contributed by atoms with van der Waals surface area (Å²) >= 11 is 2.22. The Kier molecular flexibility index (Phi) is 8.52. The maximum absolute atomic E-state index is 13.4. The van der Waals surface area contributed by atoms with Crippen LogP contribution in [0.1, 0.15) is 64.2 Å². The fraction of sp³-hybridized carbons (Fsp3) is 0.632. The van der Waals surface area contributed by atoms with E-state index in [0.29, 0.717) is 0 Å². The number of hydrogen-bond acceptors (Lipinski definition) is 0. The van der Waals surface area contributed by atoms with Gasteiger partial charge in [0.25, 0.3) is 0 Å². The van der Waals surface area contributed by atoms with Gasteiger partial charge in [0, 0.05) is 11.3 Å². The Balaban J connectivity index is 0.000000924. The van der Waals surface area contributed by atoms with Gasteiger partial charge in [-0.1, -0.05) is 20.1 Å². The van der Waals surface area contributed by atoms with E-state index in [9.17, 15) is 4.39 Å². The molecule has 1 aromatic carbocycles. The molecule has 1 aromatic rings. The van der Waals surface area contributed by atoms with E-state index < -0.39 is 7.26 Å². The van der Waals surface area contributed by atoms with Crippen LogP contribution in [0.25, 0.3) is 0 Å². The normalized spacial score (nSPS) is 20.7. The van der Waals surface area contributed by atoms with E-state index in [4.69, 9.17) is 6.66 Å². The molecule has 2 aliphatic carbocycles. The Labute approximate surface area is 156 Å². The van der Waals surface area contributed by atoms with E-state index in [1.54, 1.807) is 12.1 Å². The SMILES string of the molecule is [CH2-][P+](c1ccc(F)cc1)(C1CCCCC1)C1CCCCC1.[Cl][Pd+]. The summed E-state index contributed by atoms with van der Waals surface area (Å²) in [6.07, 6.45) is 13.7. The fourth-order valence-corrected chi connectivity index (χ4v) is 9.24. The van der Waals surface area contributed by atoms with Crippen LogP contribution >= 0.6 is 16.8 Å². The van der Waals surface area contributed by atoms with Gasteiger partial charge in [-0.25, -0.2) is 4.39 Å². The number of rotatable bonds is 3. The molecule has 0 N–H and O–H groups in total. The number of benzene rings is 1. The predicted octanol–water partition coefficient (Wildman–Crippen LogP) is 6.61. The van der Waals surface area contributed by atoms with Crippen molar-refractivity contribution in [1.82, 2.24) is 0 Å². The van der Waals surface area contributed by atoms with E-state index in [2.05, 4.69) is 39.8 Å². The summed E-state index contributed by atoms with van der Waals surface area (Å²) in [4.78, 5) is 0. The zero-order chi connectivity index (χ0) is 16.7. The fourth-order valence-electron chi connectivity index (χ4n) is 4.52. The summed E-state index contributed by atoms with van der Waals surface area (Å²) in [7, 11) is 3.08. The van der Waals surface area contributed by atoms with Crippen LogP contribution in [-0.2, 0) is 18.2 Å². The quantitative estimate of drug-likeness (QED) is 0.277. The van der Waals surface area contributed by atoms with Gasteiger partial charge in [0.15, 0.2) is 0 Å². The average molecular weight is 448 g/mol. The molecule has 0 atom stereocenters. The third-order valence-electron chi connectivity index (χ3n) is 5.76. The van der Waals surface area contributed by atoms with Crippen molar-refractivity contribution in [3.8, 4) is 0 Å². The van der Waals surface area contributed by atoms with Crippen molar-refractivity contribution in [1.29, 1.82) is 0 Å². The van der Waals surface area contributed by atoms with Gasteiger partial charge in [-0.2, -0.15) is 6.66 Å². The summed E-state index contributed by atoms with van der Waals surface area (Å²) in [5.74, 6) is -0.113. The van der Waals surface area contributed by atoms with Gasteiger partial charge < -0.3 is 0 Å². The minimum atomic E-state index is -1.41. The molecule has 0 saturated heterocycles. The first-order valence-corrected chi connectivity index (χ1v) is 12.9. The molecule has 0 bridgehead atoms. The molecule has 0 heterocycles. The van der Waals surface area contributed by atoms with Crippen molar-refractivity contribution in [2.45, 2.75) is 75.5 Å². The van der Waals surface area contributed by atoms with Crippen LogP contribution < -0.4 is 5.30 Å². The summed E-state index contributed by atoms with van der Waals surface area (Å²) < 4.78 is 13.4. The Morgan fingerprint density at radius 3 is 1.61 bits per heavy atom.